The molecule has 1 aromatic heterocycles. The third kappa shape index (κ3) is 6.56. The number of aryl methyl sites for hydroxylation is 2. The van der Waals surface area contributed by atoms with Crippen molar-refractivity contribution >= 4 is 17.8 Å². The van der Waals surface area contributed by atoms with Crippen LogP contribution in [0, 0.1) is 13.8 Å². The van der Waals surface area contributed by atoms with Gasteiger partial charge in [-0.25, -0.2) is 19.8 Å². The smallest absolute Gasteiger partial charge is 0.351 e. The van der Waals surface area contributed by atoms with Crippen LogP contribution in [0.5, 0.6) is 0 Å². The molecule has 44 heavy (non-hydrogen) atoms. The first-order chi connectivity index (χ1) is 21.3. The zero-order valence-corrected chi connectivity index (χ0v) is 24.6. The van der Waals surface area contributed by atoms with E-state index < -0.39 is 36.1 Å². The molecule has 226 valence electrons. The molecule has 2 aliphatic rings. The molecule has 1 N–H and O–H groups in total. The summed E-state index contributed by atoms with van der Waals surface area (Å²) in [7, 11) is 0. The van der Waals surface area contributed by atoms with Gasteiger partial charge in [0.15, 0.2) is 5.82 Å². The molecule has 0 amide bonds. The minimum Gasteiger partial charge on any atom is -0.459 e. The van der Waals surface area contributed by atoms with Crippen LogP contribution in [-0.4, -0.2) is 46.8 Å². The van der Waals surface area contributed by atoms with Crippen LogP contribution >= 0.6 is 0 Å². The van der Waals surface area contributed by atoms with Crippen molar-refractivity contribution < 1.29 is 23.8 Å². The lowest BCUT2D eigenvalue weighted by Crippen LogP contribution is -2.38. The fourth-order valence-corrected chi connectivity index (χ4v) is 5.36. The van der Waals surface area contributed by atoms with E-state index in [2.05, 4.69) is 10.4 Å². The van der Waals surface area contributed by atoms with Crippen LogP contribution < -0.4 is 16.1 Å². The summed E-state index contributed by atoms with van der Waals surface area (Å²) >= 11 is 0. The number of fused-ring (bicyclic) bond motifs is 1. The van der Waals surface area contributed by atoms with Crippen LogP contribution in [0.3, 0.4) is 0 Å². The van der Waals surface area contributed by atoms with Gasteiger partial charge < -0.3 is 14.2 Å². The van der Waals surface area contributed by atoms with Crippen molar-refractivity contribution in [2.45, 2.75) is 51.7 Å². The standard InChI is InChI=1S/C34H34N4O6/c1-22-8-12-25(13-9-22)32(39)42-21-29-28(44-33(40)26-14-10-23(2)11-15-26)18-30(43-29)37-20-27-16-17-38(31(27)36-34(37)41)35-19-24-6-4-3-5-7-24/h3-15,20,28-30,35H,16-19,21H2,1-2H3/t28-,29+,30+/m0/s1. The highest BCUT2D eigenvalue weighted by molar-refractivity contribution is 5.90. The van der Waals surface area contributed by atoms with Crippen LogP contribution in [-0.2, 0) is 27.2 Å². The minimum atomic E-state index is -0.784. The molecule has 1 fully saturated rings. The topological polar surface area (TPSA) is 112 Å². The Bertz CT molecular complexity index is 1690. The minimum absolute atomic E-state index is 0.153. The Morgan fingerprint density at radius 1 is 0.932 bits per heavy atom. The summed E-state index contributed by atoms with van der Waals surface area (Å²) in [6.45, 7) is 4.98. The maximum Gasteiger partial charge on any atom is 0.351 e. The molecule has 2 aliphatic heterocycles. The Morgan fingerprint density at radius 3 is 2.27 bits per heavy atom. The predicted molar refractivity (Wildman–Crippen MR) is 163 cm³/mol. The molecule has 4 aromatic rings. The summed E-state index contributed by atoms with van der Waals surface area (Å²) in [6.07, 6.45) is 0.350. The van der Waals surface area contributed by atoms with E-state index in [1.807, 2.05) is 73.5 Å². The fraction of sp³-hybridized carbons (Fsp3) is 0.294. The van der Waals surface area contributed by atoms with Crippen molar-refractivity contribution in [3.8, 4) is 0 Å². The summed E-state index contributed by atoms with van der Waals surface area (Å²) in [5.74, 6) is -0.445. The van der Waals surface area contributed by atoms with Gasteiger partial charge in [-0.1, -0.05) is 65.7 Å². The molecule has 3 atom stereocenters. The quantitative estimate of drug-likeness (QED) is 0.284. The number of hydrogen-bond acceptors (Lipinski definition) is 9. The number of carbonyl (C=O) groups is 2. The molecule has 0 unspecified atom stereocenters. The number of carbonyl (C=O) groups excluding carboxylic acids is 2. The van der Waals surface area contributed by atoms with E-state index in [0.29, 0.717) is 36.5 Å². The molecule has 0 bridgehead atoms. The predicted octanol–water partition coefficient (Wildman–Crippen LogP) is 4.30. The van der Waals surface area contributed by atoms with Gasteiger partial charge in [0.25, 0.3) is 0 Å². The molecule has 1 saturated heterocycles. The second kappa shape index (κ2) is 12.8. The maximum atomic E-state index is 13.3. The average Bonchev–Trinajstić information content (AvgIpc) is 3.62. The number of anilines is 1. The maximum absolute atomic E-state index is 13.3. The first-order valence-electron chi connectivity index (χ1n) is 14.7. The summed E-state index contributed by atoms with van der Waals surface area (Å²) in [6, 6.07) is 24.1. The molecule has 3 aromatic carbocycles. The number of hydrazine groups is 1. The van der Waals surface area contributed by atoms with E-state index in [9.17, 15) is 14.4 Å². The van der Waals surface area contributed by atoms with Crippen LogP contribution in [0.1, 0.15) is 55.6 Å². The largest absolute Gasteiger partial charge is 0.459 e. The normalized spacial score (nSPS) is 19.0. The van der Waals surface area contributed by atoms with Crippen LogP contribution in [0.2, 0.25) is 0 Å². The number of hydrogen-bond donors (Lipinski definition) is 1. The van der Waals surface area contributed by atoms with Crippen LogP contribution in [0.25, 0.3) is 0 Å². The molecule has 6 rings (SSSR count). The van der Waals surface area contributed by atoms with E-state index in [1.165, 1.54) is 4.57 Å². The van der Waals surface area contributed by atoms with Gasteiger partial charge in [0.2, 0.25) is 0 Å². The Morgan fingerprint density at radius 2 is 1.59 bits per heavy atom. The van der Waals surface area contributed by atoms with Gasteiger partial charge in [0.1, 0.15) is 25.0 Å². The molecular formula is C34H34N4O6. The third-order valence-electron chi connectivity index (χ3n) is 7.88. The van der Waals surface area contributed by atoms with E-state index >= 15 is 0 Å². The second-order valence-electron chi connectivity index (χ2n) is 11.1. The number of benzene rings is 3. The SMILES string of the molecule is Cc1ccc(C(=O)OC[C@H]2O[C@@H](n3cc4c(nc3=O)N(NCc3ccccc3)CC4)C[C@@H]2OC(=O)c2ccc(C)cc2)cc1. The zero-order chi connectivity index (χ0) is 30.6. The highest BCUT2D eigenvalue weighted by Crippen LogP contribution is 2.32. The number of rotatable bonds is 9. The first-order valence-corrected chi connectivity index (χ1v) is 14.7. The van der Waals surface area contributed by atoms with E-state index in [4.69, 9.17) is 14.2 Å². The Balaban J connectivity index is 1.18. The van der Waals surface area contributed by atoms with E-state index in [-0.39, 0.29) is 13.0 Å². The van der Waals surface area contributed by atoms with Crippen molar-refractivity contribution in [1.29, 1.82) is 0 Å². The molecule has 3 heterocycles. The lowest BCUT2D eigenvalue weighted by Gasteiger charge is -2.20. The van der Waals surface area contributed by atoms with Crippen LogP contribution in [0.15, 0.2) is 89.9 Å². The molecule has 10 heteroatoms. The highest BCUT2D eigenvalue weighted by Gasteiger charge is 2.41. The summed E-state index contributed by atoms with van der Waals surface area (Å²) in [5, 5.41) is 1.89. The van der Waals surface area contributed by atoms with Gasteiger partial charge in [-0.15, -0.1) is 0 Å². The second-order valence-corrected chi connectivity index (χ2v) is 11.1. The van der Waals surface area contributed by atoms with Crippen molar-refractivity contribution in [2.75, 3.05) is 18.2 Å². The molecule has 0 saturated carbocycles. The van der Waals surface area contributed by atoms with Crippen molar-refractivity contribution in [1.82, 2.24) is 15.0 Å². The number of esters is 2. The monoisotopic (exact) mass is 594 g/mol. The molecule has 0 radical (unpaired) electrons. The summed E-state index contributed by atoms with van der Waals surface area (Å²) < 4.78 is 19.1. The molecule has 0 spiro atoms. The Kier molecular flexibility index (Phi) is 8.53. The highest BCUT2D eigenvalue weighted by atomic mass is 16.6. The molecule has 0 aliphatic carbocycles. The fourth-order valence-electron chi connectivity index (χ4n) is 5.36. The van der Waals surface area contributed by atoms with Gasteiger partial charge in [0.05, 0.1) is 11.1 Å². The number of ether oxygens (including phenoxy) is 3. The first kappa shape index (κ1) is 29.3. The number of nitrogens with one attached hydrogen (secondary N) is 1. The zero-order valence-electron chi connectivity index (χ0n) is 24.6. The van der Waals surface area contributed by atoms with Gasteiger partial charge in [0, 0.05) is 31.3 Å². The van der Waals surface area contributed by atoms with Crippen molar-refractivity contribution in [3.63, 3.8) is 0 Å². The van der Waals surface area contributed by atoms with Crippen LogP contribution in [0.4, 0.5) is 5.82 Å². The van der Waals surface area contributed by atoms with Gasteiger partial charge in [-0.05, 0) is 50.1 Å². The average molecular weight is 595 g/mol. The van der Waals surface area contributed by atoms with Gasteiger partial charge >= 0.3 is 17.6 Å². The lowest BCUT2D eigenvalue weighted by atomic mass is 10.1. The summed E-state index contributed by atoms with van der Waals surface area (Å²) in [4.78, 5) is 43.4. The lowest BCUT2D eigenvalue weighted by molar-refractivity contribution is -0.0582. The van der Waals surface area contributed by atoms with Crippen molar-refractivity contribution in [2.24, 2.45) is 0 Å². The molecular weight excluding hydrogens is 560 g/mol. The third-order valence-corrected chi connectivity index (χ3v) is 7.88. The molecule has 10 nitrogen and oxygen atoms in total. The Labute approximate surface area is 255 Å². The number of nitrogens with zero attached hydrogens (tertiary/aromatic N) is 3. The van der Waals surface area contributed by atoms with Gasteiger partial charge in [-0.2, -0.15) is 4.98 Å². The van der Waals surface area contributed by atoms with Crippen molar-refractivity contribution in [3.05, 3.63) is 129 Å². The Hall–Kier alpha value is -4.80. The number of aromatic nitrogens is 2. The van der Waals surface area contributed by atoms with Gasteiger partial charge in [-0.3, -0.25) is 9.58 Å². The van der Waals surface area contributed by atoms with E-state index in [0.717, 1.165) is 22.3 Å². The van der Waals surface area contributed by atoms with E-state index in [1.54, 1.807) is 30.5 Å². The summed E-state index contributed by atoms with van der Waals surface area (Å²) in [5.41, 5.74) is 7.73.